The Labute approximate surface area is 110 Å². The number of hydrogen-bond donors (Lipinski definition) is 3. The molecule has 1 aliphatic rings. The van der Waals surface area contributed by atoms with Crippen molar-refractivity contribution in [3.05, 3.63) is 30.2 Å². The Balaban J connectivity index is 1.74. The Bertz CT molecular complexity index is 563. The Hall–Kier alpha value is -1.63. The van der Waals surface area contributed by atoms with Crippen molar-refractivity contribution in [3.8, 4) is 5.75 Å². The van der Waals surface area contributed by atoms with E-state index in [0.29, 0.717) is 11.7 Å². The lowest BCUT2D eigenvalue weighted by molar-refractivity contribution is -0.0681. The van der Waals surface area contributed by atoms with Gasteiger partial charge in [-0.1, -0.05) is 0 Å². The summed E-state index contributed by atoms with van der Waals surface area (Å²) in [6, 6.07) is 3.64. The van der Waals surface area contributed by atoms with Gasteiger partial charge in [-0.25, -0.2) is 4.98 Å². The van der Waals surface area contributed by atoms with Gasteiger partial charge < -0.3 is 24.7 Å². The van der Waals surface area contributed by atoms with Crippen molar-refractivity contribution >= 4 is 5.65 Å². The molecule has 0 saturated carbocycles. The Morgan fingerprint density at radius 3 is 2.89 bits per heavy atom. The topological polar surface area (TPSA) is 79.0 Å². The van der Waals surface area contributed by atoms with Gasteiger partial charge in [-0.15, -0.1) is 0 Å². The predicted molar refractivity (Wildman–Crippen MR) is 69.0 cm³/mol. The van der Waals surface area contributed by atoms with Crippen LogP contribution in [0.1, 0.15) is 5.69 Å². The summed E-state index contributed by atoms with van der Waals surface area (Å²) < 4.78 is 7.14. The number of nitrogens with zero attached hydrogens (tertiary/aromatic N) is 2. The summed E-state index contributed by atoms with van der Waals surface area (Å²) in [6.45, 7) is 1.99. The Morgan fingerprint density at radius 1 is 1.37 bits per heavy atom. The molecule has 102 valence electrons. The van der Waals surface area contributed by atoms with Crippen LogP contribution >= 0.6 is 0 Å². The van der Waals surface area contributed by atoms with Crippen LogP contribution in [0.4, 0.5) is 0 Å². The van der Waals surface area contributed by atoms with Crippen LogP contribution in [0.3, 0.4) is 0 Å². The molecular formula is C13H17N3O3. The summed E-state index contributed by atoms with van der Waals surface area (Å²) in [4.78, 5) is 4.55. The maximum absolute atomic E-state index is 8.77. The van der Waals surface area contributed by atoms with Gasteiger partial charge in [-0.05, 0) is 37.6 Å². The van der Waals surface area contributed by atoms with Crippen molar-refractivity contribution in [3.63, 3.8) is 0 Å². The van der Waals surface area contributed by atoms with Gasteiger partial charge in [0.05, 0.1) is 11.9 Å². The Morgan fingerprint density at radius 2 is 2.21 bits per heavy atom. The molecule has 3 rings (SSSR count). The van der Waals surface area contributed by atoms with E-state index in [1.807, 2.05) is 16.7 Å². The minimum Gasteiger partial charge on any atom is -0.487 e. The van der Waals surface area contributed by atoms with Crippen LogP contribution in [-0.2, 0) is 6.42 Å². The highest BCUT2D eigenvalue weighted by Crippen LogP contribution is 2.17. The first-order valence-corrected chi connectivity index (χ1v) is 6.38. The summed E-state index contributed by atoms with van der Waals surface area (Å²) in [7, 11) is 0. The SMILES string of the molecule is OC(O)COc1ccc2nc(CC3CNC3)cn2c1. The molecule has 2 aromatic rings. The third-order valence-electron chi connectivity index (χ3n) is 3.24. The molecule has 1 fully saturated rings. The third kappa shape index (κ3) is 2.86. The zero-order valence-corrected chi connectivity index (χ0v) is 10.5. The lowest BCUT2D eigenvalue weighted by atomic mass is 9.98. The number of nitrogens with one attached hydrogen (secondary N) is 1. The van der Waals surface area contributed by atoms with Crippen LogP contribution in [0.15, 0.2) is 24.5 Å². The van der Waals surface area contributed by atoms with Crippen molar-refractivity contribution in [2.75, 3.05) is 19.7 Å². The van der Waals surface area contributed by atoms with E-state index in [0.717, 1.165) is 30.9 Å². The van der Waals surface area contributed by atoms with E-state index < -0.39 is 6.29 Å². The fraction of sp³-hybridized carbons (Fsp3) is 0.462. The summed E-state index contributed by atoms with van der Waals surface area (Å²) in [5.74, 6) is 1.28. The summed E-state index contributed by atoms with van der Waals surface area (Å²) in [5, 5.41) is 20.8. The highest BCUT2D eigenvalue weighted by molar-refractivity contribution is 5.43. The summed E-state index contributed by atoms with van der Waals surface area (Å²) in [5.41, 5.74) is 1.95. The number of aromatic nitrogens is 2. The van der Waals surface area contributed by atoms with E-state index in [2.05, 4.69) is 10.3 Å². The maximum Gasteiger partial charge on any atom is 0.186 e. The fourth-order valence-electron chi connectivity index (χ4n) is 2.17. The number of fused-ring (bicyclic) bond motifs is 1. The number of imidazole rings is 1. The average molecular weight is 263 g/mol. The van der Waals surface area contributed by atoms with Crippen LogP contribution in [0, 0.1) is 5.92 Å². The number of hydrogen-bond acceptors (Lipinski definition) is 5. The molecule has 0 spiro atoms. The molecule has 3 heterocycles. The number of aliphatic hydroxyl groups is 2. The second-order valence-electron chi connectivity index (χ2n) is 4.88. The molecule has 0 aliphatic carbocycles. The van der Waals surface area contributed by atoms with E-state index in [9.17, 15) is 0 Å². The molecule has 1 saturated heterocycles. The van der Waals surface area contributed by atoms with Gasteiger partial charge in [-0.2, -0.15) is 0 Å². The second-order valence-corrected chi connectivity index (χ2v) is 4.88. The molecule has 0 radical (unpaired) electrons. The first-order chi connectivity index (χ1) is 9.20. The lowest BCUT2D eigenvalue weighted by Gasteiger charge is -2.25. The molecule has 1 aliphatic heterocycles. The van der Waals surface area contributed by atoms with Crippen molar-refractivity contribution in [2.45, 2.75) is 12.7 Å². The molecule has 0 aromatic carbocycles. The van der Waals surface area contributed by atoms with Crippen LogP contribution < -0.4 is 10.1 Å². The standard InChI is InChI=1S/C13H17N3O3/c17-13(18)8-19-11-1-2-12-15-10(6-16(12)7-11)3-9-4-14-5-9/h1-2,6-7,9,13-14,17-18H,3-5,8H2. The minimum atomic E-state index is -1.46. The van der Waals surface area contributed by atoms with Crippen LogP contribution in [0.25, 0.3) is 5.65 Å². The molecule has 0 atom stereocenters. The van der Waals surface area contributed by atoms with Crippen LogP contribution in [0.2, 0.25) is 0 Å². The third-order valence-corrected chi connectivity index (χ3v) is 3.24. The van der Waals surface area contributed by atoms with Crippen molar-refractivity contribution in [2.24, 2.45) is 5.92 Å². The lowest BCUT2D eigenvalue weighted by Crippen LogP contribution is -2.43. The highest BCUT2D eigenvalue weighted by Gasteiger charge is 2.18. The van der Waals surface area contributed by atoms with E-state index in [-0.39, 0.29) is 6.61 Å². The van der Waals surface area contributed by atoms with Gasteiger partial charge >= 0.3 is 0 Å². The van der Waals surface area contributed by atoms with Crippen molar-refractivity contribution in [1.82, 2.24) is 14.7 Å². The number of ether oxygens (including phenoxy) is 1. The maximum atomic E-state index is 8.77. The smallest absolute Gasteiger partial charge is 0.186 e. The van der Waals surface area contributed by atoms with Gasteiger partial charge in [0.2, 0.25) is 0 Å². The Kier molecular flexibility index (Phi) is 3.37. The molecular weight excluding hydrogens is 246 g/mol. The zero-order chi connectivity index (χ0) is 13.2. The van der Waals surface area contributed by atoms with Crippen LogP contribution in [0.5, 0.6) is 5.75 Å². The first kappa shape index (κ1) is 12.4. The van der Waals surface area contributed by atoms with Crippen molar-refractivity contribution < 1.29 is 14.9 Å². The van der Waals surface area contributed by atoms with Gasteiger partial charge in [0.25, 0.3) is 0 Å². The van der Waals surface area contributed by atoms with E-state index in [1.165, 1.54) is 0 Å². The van der Waals surface area contributed by atoms with Crippen LogP contribution in [-0.4, -0.2) is 45.6 Å². The molecule has 0 bridgehead atoms. The van der Waals surface area contributed by atoms with E-state index in [1.54, 1.807) is 12.3 Å². The quantitative estimate of drug-likeness (QED) is 0.650. The average Bonchev–Trinajstić information content (AvgIpc) is 2.73. The molecule has 2 aromatic heterocycles. The molecule has 6 heteroatoms. The summed E-state index contributed by atoms with van der Waals surface area (Å²) in [6.07, 6.45) is 3.32. The molecule has 3 N–H and O–H groups in total. The molecule has 0 amide bonds. The fourth-order valence-corrected chi connectivity index (χ4v) is 2.17. The summed E-state index contributed by atoms with van der Waals surface area (Å²) >= 11 is 0. The van der Waals surface area contributed by atoms with Gasteiger partial charge in [0, 0.05) is 6.20 Å². The van der Waals surface area contributed by atoms with Gasteiger partial charge in [-0.3, -0.25) is 0 Å². The number of pyridine rings is 1. The van der Waals surface area contributed by atoms with E-state index >= 15 is 0 Å². The number of aliphatic hydroxyl groups excluding tert-OH is 1. The molecule has 6 nitrogen and oxygen atoms in total. The largest absolute Gasteiger partial charge is 0.487 e. The second kappa shape index (κ2) is 5.16. The van der Waals surface area contributed by atoms with Gasteiger partial charge in [0.15, 0.2) is 6.29 Å². The predicted octanol–water partition coefficient (Wildman–Crippen LogP) is -0.214. The van der Waals surface area contributed by atoms with Gasteiger partial charge in [0.1, 0.15) is 18.0 Å². The monoisotopic (exact) mass is 263 g/mol. The molecule has 19 heavy (non-hydrogen) atoms. The normalized spacial score (nSPS) is 15.9. The zero-order valence-electron chi connectivity index (χ0n) is 10.5. The minimum absolute atomic E-state index is 0.138. The van der Waals surface area contributed by atoms with Crippen molar-refractivity contribution in [1.29, 1.82) is 0 Å². The molecule has 0 unspecified atom stereocenters. The highest BCUT2D eigenvalue weighted by atomic mass is 16.5. The van der Waals surface area contributed by atoms with E-state index in [4.69, 9.17) is 14.9 Å². The number of rotatable bonds is 5. The first-order valence-electron chi connectivity index (χ1n) is 6.38.